The van der Waals surface area contributed by atoms with Crippen molar-refractivity contribution in [3.63, 3.8) is 0 Å². The lowest BCUT2D eigenvalue weighted by Crippen LogP contribution is -2.19. The summed E-state index contributed by atoms with van der Waals surface area (Å²) in [5.74, 6) is -0.633. The summed E-state index contributed by atoms with van der Waals surface area (Å²) in [5.41, 5.74) is 1.44. The van der Waals surface area contributed by atoms with Gasteiger partial charge in [-0.3, -0.25) is 4.79 Å². The summed E-state index contributed by atoms with van der Waals surface area (Å²) in [5, 5.41) is 11.9. The van der Waals surface area contributed by atoms with Crippen LogP contribution in [0.5, 0.6) is 11.5 Å². The molecule has 1 amide bonds. The van der Waals surface area contributed by atoms with Gasteiger partial charge in [-0.1, -0.05) is 22.0 Å². The van der Waals surface area contributed by atoms with Gasteiger partial charge in [0, 0.05) is 4.47 Å². The number of nitrogens with zero attached hydrogens (tertiary/aromatic N) is 1. The lowest BCUT2D eigenvalue weighted by Gasteiger charge is -2.09. The highest BCUT2D eigenvalue weighted by Crippen LogP contribution is 2.32. The van der Waals surface area contributed by atoms with Crippen LogP contribution in [0.4, 0.5) is 5.69 Å². The topological polar surface area (TPSA) is 97.2 Å². The van der Waals surface area contributed by atoms with Crippen LogP contribution in [-0.2, 0) is 9.59 Å². The average Bonchev–Trinajstić information content (AvgIpc) is 3.01. The second-order valence-electron chi connectivity index (χ2n) is 5.55. The molecular weight excluding hydrogens is 448 g/mol. The number of hydrogen-bond acceptors (Lipinski definition) is 6. The summed E-state index contributed by atoms with van der Waals surface area (Å²) in [6, 6.07) is 12.4. The Morgan fingerprint density at radius 2 is 2.00 bits per heavy atom. The molecule has 2 aromatic carbocycles. The van der Waals surface area contributed by atoms with E-state index in [1.165, 1.54) is 18.9 Å². The Balaban J connectivity index is 1.78. The Bertz CT molecular complexity index is 973. The molecule has 2 aromatic rings. The first kappa shape index (κ1) is 20.0. The van der Waals surface area contributed by atoms with Crippen molar-refractivity contribution < 1.29 is 24.2 Å². The molecule has 1 aliphatic heterocycles. The van der Waals surface area contributed by atoms with E-state index in [-0.39, 0.29) is 5.91 Å². The monoisotopic (exact) mass is 462 g/mol. The zero-order valence-corrected chi connectivity index (χ0v) is 17.0. The largest absolute Gasteiger partial charge is 0.493 e. The highest BCUT2D eigenvalue weighted by molar-refractivity contribution is 9.10. The van der Waals surface area contributed by atoms with Crippen molar-refractivity contribution >= 4 is 56.5 Å². The quantitative estimate of drug-likeness (QED) is 0.633. The van der Waals surface area contributed by atoms with Crippen LogP contribution in [-0.4, -0.2) is 35.9 Å². The number of halogens is 1. The molecule has 0 atom stereocenters. The molecule has 7 nitrogen and oxygen atoms in total. The van der Waals surface area contributed by atoms with E-state index in [9.17, 15) is 9.59 Å². The minimum atomic E-state index is -1.08. The molecule has 0 aliphatic carbocycles. The average molecular weight is 463 g/mol. The third-order valence-electron chi connectivity index (χ3n) is 3.54. The van der Waals surface area contributed by atoms with Gasteiger partial charge in [0.05, 0.1) is 17.7 Å². The molecule has 0 bridgehead atoms. The van der Waals surface area contributed by atoms with E-state index in [0.29, 0.717) is 27.1 Å². The van der Waals surface area contributed by atoms with Gasteiger partial charge in [0.15, 0.2) is 23.3 Å². The highest BCUT2D eigenvalue weighted by atomic mass is 79.9. The maximum atomic E-state index is 12.2. The first-order valence-electron chi connectivity index (χ1n) is 8.02. The normalized spacial score (nSPS) is 16.3. The summed E-state index contributed by atoms with van der Waals surface area (Å²) < 4.78 is 11.4. The predicted octanol–water partition coefficient (Wildman–Crippen LogP) is 3.81. The Labute approximate surface area is 173 Å². The number of aliphatic imine (C=N–C) groups is 1. The fourth-order valence-electron chi connectivity index (χ4n) is 2.30. The van der Waals surface area contributed by atoms with Gasteiger partial charge in [-0.05, 0) is 59.8 Å². The van der Waals surface area contributed by atoms with Crippen molar-refractivity contribution in [3.8, 4) is 11.5 Å². The summed E-state index contributed by atoms with van der Waals surface area (Å²) >= 11 is 4.60. The molecular formula is C19H15BrN2O5S. The van der Waals surface area contributed by atoms with E-state index in [1.807, 2.05) is 24.3 Å². The van der Waals surface area contributed by atoms with E-state index in [1.54, 1.807) is 24.3 Å². The summed E-state index contributed by atoms with van der Waals surface area (Å²) in [4.78, 5) is 27.8. The third-order valence-corrected chi connectivity index (χ3v) is 4.98. The number of benzene rings is 2. The van der Waals surface area contributed by atoms with Gasteiger partial charge in [-0.25, -0.2) is 9.79 Å². The number of hydrogen-bond donors (Lipinski definition) is 2. The standard InChI is InChI=1S/C19H15BrN2O5S/c1-26-15-8-11(2-7-14(15)27-10-17(23)24)9-16-18(25)22-19(28-16)21-13-5-3-12(20)4-6-13/h2-9H,10H2,1H3,(H,23,24)(H,21,22,25). The van der Waals surface area contributed by atoms with Crippen molar-refractivity contribution in [2.24, 2.45) is 4.99 Å². The van der Waals surface area contributed by atoms with E-state index < -0.39 is 12.6 Å². The predicted molar refractivity (Wildman–Crippen MR) is 111 cm³/mol. The van der Waals surface area contributed by atoms with Crippen molar-refractivity contribution in [3.05, 3.63) is 57.4 Å². The smallest absolute Gasteiger partial charge is 0.341 e. The second kappa shape index (κ2) is 8.94. The van der Waals surface area contributed by atoms with Crippen molar-refractivity contribution in [2.45, 2.75) is 0 Å². The minimum Gasteiger partial charge on any atom is -0.493 e. The number of methoxy groups -OCH3 is 1. The van der Waals surface area contributed by atoms with Crippen LogP contribution in [0, 0.1) is 0 Å². The van der Waals surface area contributed by atoms with Crippen LogP contribution >= 0.6 is 27.7 Å². The third kappa shape index (κ3) is 5.14. The zero-order chi connectivity index (χ0) is 20.1. The van der Waals surface area contributed by atoms with E-state index in [0.717, 1.165) is 10.2 Å². The SMILES string of the molecule is COc1cc(C=C2SC(=Nc3ccc(Br)cc3)NC2=O)ccc1OCC(=O)O. The second-order valence-corrected chi connectivity index (χ2v) is 7.50. The number of carboxylic acids is 1. The summed E-state index contributed by atoms with van der Waals surface area (Å²) in [6.07, 6.45) is 1.70. The fraction of sp³-hybridized carbons (Fsp3) is 0.105. The minimum absolute atomic E-state index is 0.244. The molecule has 1 aliphatic rings. The fourth-order valence-corrected chi connectivity index (χ4v) is 3.40. The number of carbonyl (C=O) groups is 2. The van der Waals surface area contributed by atoms with Crippen molar-refractivity contribution in [1.29, 1.82) is 0 Å². The van der Waals surface area contributed by atoms with Crippen LogP contribution in [0.25, 0.3) is 6.08 Å². The molecule has 144 valence electrons. The van der Waals surface area contributed by atoms with E-state index in [2.05, 4.69) is 26.2 Å². The van der Waals surface area contributed by atoms with Gasteiger partial charge in [0.1, 0.15) is 0 Å². The van der Waals surface area contributed by atoms with Crippen LogP contribution in [0.2, 0.25) is 0 Å². The molecule has 3 rings (SSSR count). The van der Waals surface area contributed by atoms with Crippen LogP contribution in [0.15, 0.2) is 56.8 Å². The molecule has 28 heavy (non-hydrogen) atoms. The zero-order valence-electron chi connectivity index (χ0n) is 14.6. The highest BCUT2D eigenvalue weighted by Gasteiger charge is 2.24. The molecule has 0 radical (unpaired) electrons. The van der Waals surface area contributed by atoms with Gasteiger partial charge in [-0.15, -0.1) is 0 Å². The number of carboxylic acid groups (broad SMARTS) is 1. The molecule has 9 heteroatoms. The summed E-state index contributed by atoms with van der Waals surface area (Å²) in [6.45, 7) is -0.467. The van der Waals surface area contributed by atoms with Gasteiger partial charge in [0.25, 0.3) is 5.91 Å². The van der Waals surface area contributed by atoms with Gasteiger partial charge < -0.3 is 19.9 Å². The first-order valence-corrected chi connectivity index (χ1v) is 9.63. The van der Waals surface area contributed by atoms with Gasteiger partial charge in [-0.2, -0.15) is 0 Å². The Morgan fingerprint density at radius 3 is 2.68 bits per heavy atom. The molecule has 0 unspecified atom stereocenters. The Kier molecular flexibility index (Phi) is 6.37. The molecule has 0 spiro atoms. The maximum absolute atomic E-state index is 12.2. The van der Waals surface area contributed by atoms with Crippen LogP contribution in [0.3, 0.4) is 0 Å². The Morgan fingerprint density at radius 1 is 1.25 bits per heavy atom. The lowest BCUT2D eigenvalue weighted by molar-refractivity contribution is -0.139. The van der Waals surface area contributed by atoms with Gasteiger partial charge >= 0.3 is 5.97 Å². The number of thioether (sulfide) groups is 1. The molecule has 1 heterocycles. The molecule has 0 aromatic heterocycles. The summed E-state index contributed by atoms with van der Waals surface area (Å²) in [7, 11) is 1.46. The molecule has 1 saturated heterocycles. The van der Waals surface area contributed by atoms with Crippen molar-refractivity contribution in [2.75, 3.05) is 13.7 Å². The molecule has 1 fully saturated rings. The number of ether oxygens (including phenoxy) is 2. The van der Waals surface area contributed by atoms with Crippen LogP contribution < -0.4 is 14.8 Å². The number of amides is 1. The number of carbonyl (C=O) groups excluding carboxylic acids is 1. The van der Waals surface area contributed by atoms with Crippen LogP contribution in [0.1, 0.15) is 5.56 Å². The van der Waals surface area contributed by atoms with E-state index in [4.69, 9.17) is 14.6 Å². The number of amidine groups is 1. The lowest BCUT2D eigenvalue weighted by atomic mass is 10.2. The van der Waals surface area contributed by atoms with E-state index >= 15 is 0 Å². The van der Waals surface area contributed by atoms with Crippen molar-refractivity contribution in [1.82, 2.24) is 5.32 Å². The van der Waals surface area contributed by atoms with Gasteiger partial charge in [0.2, 0.25) is 0 Å². The molecule has 0 saturated carbocycles. The molecule has 2 N–H and O–H groups in total. The number of aliphatic carboxylic acids is 1. The number of rotatable bonds is 6. The first-order chi connectivity index (χ1) is 13.4. The Hall–Kier alpha value is -2.78. The number of nitrogens with one attached hydrogen (secondary N) is 1. The maximum Gasteiger partial charge on any atom is 0.341 e.